The van der Waals surface area contributed by atoms with E-state index in [4.69, 9.17) is 0 Å². The lowest BCUT2D eigenvalue weighted by Crippen LogP contribution is -2.57. The van der Waals surface area contributed by atoms with Crippen molar-refractivity contribution in [2.24, 2.45) is 0 Å². The molecule has 1 N–H and O–H groups in total. The van der Waals surface area contributed by atoms with Gasteiger partial charge < -0.3 is 10.0 Å². The number of carbonyl (C=O) groups excluding carboxylic acids is 1. The summed E-state index contributed by atoms with van der Waals surface area (Å²) in [6.45, 7) is 4.36. The Labute approximate surface area is 159 Å². The number of unbranched alkanes of at least 4 members (excludes halogenated alkanes) is 1. The van der Waals surface area contributed by atoms with Crippen molar-refractivity contribution in [2.75, 3.05) is 12.1 Å². The Morgan fingerprint density at radius 1 is 1.04 bits per heavy atom. The first-order valence-corrected chi connectivity index (χ1v) is 9.56. The molecule has 144 valence electrons. The first-order valence-electron chi connectivity index (χ1n) is 9.56. The minimum atomic E-state index is -0.535. The Hall–Kier alpha value is -2.76. The van der Waals surface area contributed by atoms with E-state index < -0.39 is 11.2 Å². The molecule has 1 aromatic heterocycles. The van der Waals surface area contributed by atoms with Gasteiger partial charge in [0.15, 0.2) is 11.4 Å². The van der Waals surface area contributed by atoms with E-state index >= 15 is 0 Å². The van der Waals surface area contributed by atoms with Crippen LogP contribution in [0.2, 0.25) is 0 Å². The maximum absolute atomic E-state index is 12.6. The number of benzene rings is 1. The fraction of sp³-hybridized carbons (Fsp3) is 0.429. The molecule has 1 fully saturated rings. The van der Waals surface area contributed by atoms with Crippen molar-refractivity contribution in [1.82, 2.24) is 9.58 Å². The quantitative estimate of drug-likeness (QED) is 0.883. The number of fused-ring (bicyclic) bond motifs is 3. The summed E-state index contributed by atoms with van der Waals surface area (Å²) in [5.41, 5.74) is 0.660. The zero-order valence-corrected chi connectivity index (χ0v) is 16.1. The van der Waals surface area contributed by atoms with Gasteiger partial charge in [-0.2, -0.15) is 0 Å². The molecular formula is C21H27N3O3. The highest BCUT2D eigenvalue weighted by Crippen LogP contribution is 2.39. The second-order valence-electron chi connectivity index (χ2n) is 7.00. The van der Waals surface area contributed by atoms with Gasteiger partial charge in [-0.3, -0.25) is 19.3 Å². The van der Waals surface area contributed by atoms with E-state index in [1.165, 1.54) is 18.9 Å². The number of nitrogens with zero attached hydrogens (tertiary/aromatic N) is 3. The van der Waals surface area contributed by atoms with E-state index in [2.05, 4.69) is 31.0 Å². The number of hydrogen-bond acceptors (Lipinski definition) is 4. The summed E-state index contributed by atoms with van der Waals surface area (Å²) in [6, 6.07) is 11.5. The van der Waals surface area contributed by atoms with Gasteiger partial charge >= 0.3 is 0 Å². The Bertz CT molecular complexity index is 861. The number of amides is 1. The maximum atomic E-state index is 12.6. The third-order valence-electron chi connectivity index (χ3n) is 5.28. The molecule has 0 aliphatic carbocycles. The molecule has 2 unspecified atom stereocenters. The molecule has 6 heteroatoms. The lowest BCUT2D eigenvalue weighted by Gasteiger charge is -2.43. The van der Waals surface area contributed by atoms with Crippen molar-refractivity contribution in [1.29, 1.82) is 0 Å². The molecule has 1 saturated heterocycles. The normalized spacial score (nSPS) is 20.6. The van der Waals surface area contributed by atoms with Crippen LogP contribution in [0.1, 0.15) is 61.6 Å². The van der Waals surface area contributed by atoms with E-state index in [-0.39, 0.29) is 23.8 Å². The molecule has 0 bridgehead atoms. The molecule has 2 atom stereocenters. The predicted octanol–water partition coefficient (Wildman–Crippen LogP) is 3.25. The number of aromatic hydroxyl groups is 1. The largest absolute Gasteiger partial charge is 0.502 e. The van der Waals surface area contributed by atoms with Crippen molar-refractivity contribution in [3.63, 3.8) is 0 Å². The van der Waals surface area contributed by atoms with Crippen LogP contribution in [0.4, 0.5) is 0 Å². The highest BCUT2D eigenvalue weighted by molar-refractivity contribution is 5.96. The monoisotopic (exact) mass is 369 g/mol. The van der Waals surface area contributed by atoms with Crippen molar-refractivity contribution < 1.29 is 9.90 Å². The highest BCUT2D eigenvalue weighted by Gasteiger charge is 2.44. The minimum absolute atomic E-state index is 0.0408. The fourth-order valence-corrected chi connectivity index (χ4v) is 3.65. The molecule has 2 aromatic rings. The van der Waals surface area contributed by atoms with Gasteiger partial charge in [0, 0.05) is 19.3 Å². The van der Waals surface area contributed by atoms with Crippen LogP contribution in [-0.2, 0) is 0 Å². The topological polar surface area (TPSA) is 65.8 Å². The molecule has 6 nitrogen and oxygen atoms in total. The smallest absolute Gasteiger partial charge is 0.277 e. The van der Waals surface area contributed by atoms with Gasteiger partial charge in [0.2, 0.25) is 5.43 Å². The van der Waals surface area contributed by atoms with Gasteiger partial charge in [-0.15, -0.1) is 0 Å². The second-order valence-corrected chi connectivity index (χ2v) is 7.00. The molecular weight excluding hydrogens is 342 g/mol. The Balaban J connectivity index is 0.000000481. The molecule has 0 radical (unpaired) electrons. The zero-order valence-electron chi connectivity index (χ0n) is 16.1. The van der Waals surface area contributed by atoms with E-state index in [1.54, 1.807) is 22.8 Å². The fourth-order valence-electron chi connectivity index (χ4n) is 3.65. The van der Waals surface area contributed by atoms with E-state index in [1.807, 2.05) is 18.2 Å². The molecule has 4 rings (SSSR count). The summed E-state index contributed by atoms with van der Waals surface area (Å²) >= 11 is 0. The number of aromatic nitrogens is 1. The second kappa shape index (κ2) is 7.86. The van der Waals surface area contributed by atoms with Crippen LogP contribution in [0.25, 0.3) is 0 Å². The number of rotatable bonds is 2. The van der Waals surface area contributed by atoms with Crippen molar-refractivity contribution >= 4 is 5.91 Å². The van der Waals surface area contributed by atoms with Crippen LogP contribution in [0.5, 0.6) is 5.75 Å². The summed E-state index contributed by atoms with van der Waals surface area (Å²) < 4.78 is 1.65. The Morgan fingerprint density at radius 3 is 2.33 bits per heavy atom. The third-order valence-corrected chi connectivity index (χ3v) is 5.28. The standard InChI is InChI=1S/C17H17N3O3.C4H10/c1-18-14-8-7-12(11-5-3-2-4-6-11)20(14)19-10-9-13(21)16(22)15(19)17(18)23;1-3-4-2/h2-6,9-10,12,14,22H,7-8H2,1H3;3-4H2,1-2H3. The summed E-state index contributed by atoms with van der Waals surface area (Å²) in [4.78, 5) is 25.9. The van der Waals surface area contributed by atoms with Gasteiger partial charge in [-0.1, -0.05) is 57.0 Å². The number of carbonyl (C=O) groups is 1. The summed E-state index contributed by atoms with van der Waals surface area (Å²) in [7, 11) is 1.72. The number of hydrogen-bond donors (Lipinski definition) is 1. The Kier molecular flexibility index (Phi) is 5.54. The average Bonchev–Trinajstić information content (AvgIpc) is 3.14. The molecule has 3 heterocycles. The zero-order chi connectivity index (χ0) is 19.6. The number of pyridine rings is 1. The highest BCUT2D eigenvalue weighted by atomic mass is 16.3. The molecule has 1 aromatic carbocycles. The molecule has 0 saturated carbocycles. The van der Waals surface area contributed by atoms with Crippen molar-refractivity contribution in [2.45, 2.75) is 51.7 Å². The molecule has 2 aliphatic rings. The van der Waals surface area contributed by atoms with E-state index in [9.17, 15) is 14.7 Å². The minimum Gasteiger partial charge on any atom is -0.502 e. The molecule has 2 aliphatic heterocycles. The van der Waals surface area contributed by atoms with Crippen molar-refractivity contribution in [3.05, 3.63) is 64.1 Å². The Morgan fingerprint density at radius 2 is 1.70 bits per heavy atom. The predicted molar refractivity (Wildman–Crippen MR) is 105 cm³/mol. The lowest BCUT2D eigenvalue weighted by atomic mass is 10.1. The van der Waals surface area contributed by atoms with Gasteiger partial charge in [-0.05, 0) is 18.4 Å². The van der Waals surface area contributed by atoms with E-state index in [0.29, 0.717) is 0 Å². The van der Waals surface area contributed by atoms with E-state index in [0.717, 1.165) is 18.4 Å². The van der Waals surface area contributed by atoms with Gasteiger partial charge in [0.1, 0.15) is 6.17 Å². The summed E-state index contributed by atoms with van der Waals surface area (Å²) in [6.07, 6.45) is 5.88. The van der Waals surface area contributed by atoms with Crippen molar-refractivity contribution in [3.8, 4) is 5.75 Å². The van der Waals surface area contributed by atoms with Crippen LogP contribution in [0.3, 0.4) is 0 Å². The van der Waals surface area contributed by atoms with Gasteiger partial charge in [0.05, 0.1) is 6.04 Å². The van der Waals surface area contributed by atoms with Gasteiger partial charge in [-0.25, -0.2) is 0 Å². The third kappa shape index (κ3) is 3.31. The summed E-state index contributed by atoms with van der Waals surface area (Å²) in [5.74, 6) is -0.809. The first kappa shape index (κ1) is 19.0. The molecule has 0 spiro atoms. The average molecular weight is 369 g/mol. The molecule has 27 heavy (non-hydrogen) atoms. The maximum Gasteiger partial charge on any atom is 0.277 e. The van der Waals surface area contributed by atoms with Crippen LogP contribution in [0.15, 0.2) is 47.4 Å². The first-order chi connectivity index (χ1) is 13.0. The van der Waals surface area contributed by atoms with Crippen LogP contribution in [0, 0.1) is 0 Å². The van der Waals surface area contributed by atoms with Gasteiger partial charge in [0.25, 0.3) is 5.91 Å². The molecule has 1 amide bonds. The van der Waals surface area contributed by atoms with Crippen LogP contribution >= 0.6 is 0 Å². The van der Waals surface area contributed by atoms with Crippen LogP contribution < -0.4 is 10.4 Å². The summed E-state index contributed by atoms with van der Waals surface area (Å²) in [5, 5.41) is 12.2. The lowest BCUT2D eigenvalue weighted by molar-refractivity contribution is 0.0649. The van der Waals surface area contributed by atoms with Crippen LogP contribution in [-0.4, -0.2) is 33.8 Å². The SMILES string of the molecule is CCCC.CN1C(=O)c2c(O)c(=O)ccn2N2C(c3ccccc3)CCC12.